The Labute approximate surface area is 163 Å². The summed E-state index contributed by atoms with van der Waals surface area (Å²) < 4.78 is 1.44. The van der Waals surface area contributed by atoms with Crippen molar-refractivity contribution in [1.82, 2.24) is 25.7 Å². The first kappa shape index (κ1) is 21.1. The fourth-order valence-corrected chi connectivity index (χ4v) is 2.81. The number of guanidine groups is 1. The third kappa shape index (κ3) is 6.20. The Morgan fingerprint density at radius 1 is 1.29 bits per heavy atom. The SMILES string of the molecule is Cc1cnc(C(C)Cc2ccccc2)c(=O)n1CC(=O)NCCNNC(=N)N. The largest absolute Gasteiger partial charge is 0.369 e. The van der Waals surface area contributed by atoms with Gasteiger partial charge in [-0.3, -0.25) is 25.4 Å². The van der Waals surface area contributed by atoms with Crippen molar-refractivity contribution in [2.24, 2.45) is 5.73 Å². The van der Waals surface area contributed by atoms with Crippen molar-refractivity contribution in [2.45, 2.75) is 32.7 Å². The highest BCUT2D eigenvalue weighted by Crippen LogP contribution is 2.16. The normalized spacial score (nSPS) is 11.6. The molecule has 2 aromatic rings. The number of rotatable bonds is 9. The quantitative estimate of drug-likeness (QED) is 0.178. The molecular weight excluding hydrogens is 358 g/mol. The number of carbonyl (C=O) groups is 1. The van der Waals surface area contributed by atoms with Crippen molar-refractivity contribution in [3.05, 3.63) is 63.8 Å². The van der Waals surface area contributed by atoms with Crippen LogP contribution < -0.4 is 27.5 Å². The van der Waals surface area contributed by atoms with E-state index < -0.39 is 0 Å². The highest BCUT2D eigenvalue weighted by atomic mass is 16.2. The van der Waals surface area contributed by atoms with Crippen LogP contribution in [0.3, 0.4) is 0 Å². The third-order valence-corrected chi connectivity index (χ3v) is 4.23. The van der Waals surface area contributed by atoms with Crippen LogP contribution in [-0.4, -0.2) is 34.5 Å². The van der Waals surface area contributed by atoms with E-state index >= 15 is 0 Å². The van der Waals surface area contributed by atoms with Crippen molar-refractivity contribution in [3.8, 4) is 0 Å². The molecular formula is C19H27N7O2. The van der Waals surface area contributed by atoms with Crippen molar-refractivity contribution in [3.63, 3.8) is 0 Å². The molecule has 0 aliphatic carbocycles. The van der Waals surface area contributed by atoms with E-state index in [0.717, 1.165) is 5.56 Å². The molecule has 9 nitrogen and oxygen atoms in total. The summed E-state index contributed by atoms with van der Waals surface area (Å²) in [7, 11) is 0. The molecule has 0 saturated heterocycles. The van der Waals surface area contributed by atoms with Crippen molar-refractivity contribution >= 4 is 11.9 Å². The van der Waals surface area contributed by atoms with E-state index in [1.807, 2.05) is 37.3 Å². The molecule has 1 amide bonds. The molecule has 6 N–H and O–H groups in total. The maximum absolute atomic E-state index is 12.9. The second-order valence-corrected chi connectivity index (χ2v) is 6.58. The molecule has 1 heterocycles. The number of hydrogen-bond donors (Lipinski definition) is 5. The predicted molar refractivity (Wildman–Crippen MR) is 108 cm³/mol. The second kappa shape index (κ2) is 10.2. The first-order valence-electron chi connectivity index (χ1n) is 9.08. The molecule has 0 radical (unpaired) electrons. The highest BCUT2D eigenvalue weighted by molar-refractivity contribution is 5.75. The molecule has 0 aliphatic rings. The molecule has 0 spiro atoms. The summed E-state index contributed by atoms with van der Waals surface area (Å²) in [6.45, 7) is 4.36. The number of nitrogens with zero attached hydrogens (tertiary/aromatic N) is 2. The van der Waals surface area contributed by atoms with E-state index in [-0.39, 0.29) is 29.9 Å². The van der Waals surface area contributed by atoms with Gasteiger partial charge in [0, 0.05) is 30.9 Å². The number of aromatic nitrogens is 2. The average molecular weight is 385 g/mol. The Morgan fingerprint density at radius 3 is 2.68 bits per heavy atom. The molecule has 150 valence electrons. The standard InChI is InChI=1S/C19H27N7O2/c1-13(10-15-6-4-3-5-7-15)17-18(28)26(14(2)11-23-17)12-16(27)22-8-9-24-25-19(20)21/h3-7,11,13,24H,8-10,12H2,1-2H3,(H,22,27)(H4,20,21,25). The lowest BCUT2D eigenvalue weighted by Gasteiger charge is -2.15. The van der Waals surface area contributed by atoms with E-state index in [9.17, 15) is 9.59 Å². The van der Waals surface area contributed by atoms with Crippen LogP contribution >= 0.6 is 0 Å². The van der Waals surface area contributed by atoms with Gasteiger partial charge >= 0.3 is 0 Å². The zero-order valence-corrected chi connectivity index (χ0v) is 16.2. The van der Waals surface area contributed by atoms with Crippen LogP contribution in [0.25, 0.3) is 0 Å². The molecule has 2 rings (SSSR count). The minimum absolute atomic E-state index is 0.0633. The predicted octanol–water partition coefficient (Wildman–Crippen LogP) is 0.00179. The van der Waals surface area contributed by atoms with Gasteiger partial charge in [-0.25, -0.2) is 5.43 Å². The van der Waals surface area contributed by atoms with Gasteiger partial charge in [0.05, 0.1) is 0 Å². The van der Waals surface area contributed by atoms with E-state index in [2.05, 4.69) is 21.2 Å². The van der Waals surface area contributed by atoms with Gasteiger partial charge in [-0.2, -0.15) is 0 Å². The number of nitrogens with two attached hydrogens (primary N) is 1. The topological polar surface area (TPSA) is 138 Å². The van der Waals surface area contributed by atoms with Gasteiger partial charge in [0.1, 0.15) is 12.2 Å². The fraction of sp³-hybridized carbons (Fsp3) is 0.368. The Balaban J connectivity index is 2.00. The summed E-state index contributed by atoms with van der Waals surface area (Å²) in [4.78, 5) is 29.4. The van der Waals surface area contributed by atoms with Gasteiger partial charge in [0.2, 0.25) is 5.91 Å². The van der Waals surface area contributed by atoms with Gasteiger partial charge in [-0.05, 0) is 18.9 Å². The summed E-state index contributed by atoms with van der Waals surface area (Å²) >= 11 is 0. The maximum Gasteiger partial charge on any atom is 0.273 e. The Bertz CT molecular complexity index is 864. The minimum Gasteiger partial charge on any atom is -0.369 e. The van der Waals surface area contributed by atoms with Gasteiger partial charge in [0.15, 0.2) is 5.96 Å². The number of hydrazine groups is 1. The zero-order valence-electron chi connectivity index (χ0n) is 16.2. The van der Waals surface area contributed by atoms with Crippen LogP contribution in [0.15, 0.2) is 41.3 Å². The number of benzene rings is 1. The average Bonchev–Trinajstić information content (AvgIpc) is 2.65. The second-order valence-electron chi connectivity index (χ2n) is 6.58. The first-order chi connectivity index (χ1) is 13.4. The monoisotopic (exact) mass is 385 g/mol. The number of hydrogen-bond acceptors (Lipinski definition) is 5. The first-order valence-corrected chi connectivity index (χ1v) is 9.08. The summed E-state index contributed by atoms with van der Waals surface area (Å²) in [6, 6.07) is 9.93. The van der Waals surface area contributed by atoms with Gasteiger partial charge < -0.3 is 15.6 Å². The summed E-state index contributed by atoms with van der Waals surface area (Å²) in [5, 5.41) is 9.72. The lowest BCUT2D eigenvalue weighted by atomic mass is 9.98. The Kier molecular flexibility index (Phi) is 7.70. The number of aryl methyl sites for hydroxylation is 1. The van der Waals surface area contributed by atoms with Crippen LogP contribution in [-0.2, 0) is 17.8 Å². The third-order valence-electron chi connectivity index (χ3n) is 4.23. The summed E-state index contributed by atoms with van der Waals surface area (Å²) in [5.41, 5.74) is 12.2. The molecule has 1 unspecified atom stereocenters. The number of nitrogens with one attached hydrogen (secondary N) is 4. The highest BCUT2D eigenvalue weighted by Gasteiger charge is 2.16. The van der Waals surface area contributed by atoms with Crippen LogP contribution in [0.1, 0.15) is 29.8 Å². The van der Waals surface area contributed by atoms with Gasteiger partial charge in [-0.15, -0.1) is 0 Å². The molecule has 0 aliphatic heterocycles. The molecule has 9 heteroatoms. The number of carbonyl (C=O) groups excluding carboxylic acids is 1. The van der Waals surface area contributed by atoms with Crippen molar-refractivity contribution < 1.29 is 4.79 Å². The minimum atomic E-state index is -0.275. The maximum atomic E-state index is 12.9. The van der Waals surface area contributed by atoms with Gasteiger partial charge in [-0.1, -0.05) is 37.3 Å². The smallest absolute Gasteiger partial charge is 0.273 e. The van der Waals surface area contributed by atoms with E-state index in [1.54, 1.807) is 13.1 Å². The van der Waals surface area contributed by atoms with Crippen LogP contribution in [0.5, 0.6) is 0 Å². The molecule has 1 aromatic heterocycles. The van der Waals surface area contributed by atoms with E-state index in [0.29, 0.717) is 30.9 Å². The molecule has 28 heavy (non-hydrogen) atoms. The van der Waals surface area contributed by atoms with Crippen molar-refractivity contribution in [1.29, 1.82) is 5.41 Å². The molecule has 1 aromatic carbocycles. The number of amides is 1. The van der Waals surface area contributed by atoms with Gasteiger partial charge in [0.25, 0.3) is 5.56 Å². The Hall–Kier alpha value is -3.20. The molecule has 0 bridgehead atoms. The lowest BCUT2D eigenvalue weighted by Crippen LogP contribution is -2.45. The zero-order chi connectivity index (χ0) is 20.5. The van der Waals surface area contributed by atoms with Crippen LogP contribution in [0.4, 0.5) is 0 Å². The summed E-state index contributed by atoms with van der Waals surface area (Å²) in [5.74, 6) is -0.545. The van der Waals surface area contributed by atoms with E-state index in [1.165, 1.54) is 4.57 Å². The molecule has 0 fully saturated rings. The van der Waals surface area contributed by atoms with Crippen LogP contribution in [0, 0.1) is 12.3 Å². The Morgan fingerprint density at radius 2 is 2.00 bits per heavy atom. The van der Waals surface area contributed by atoms with Crippen molar-refractivity contribution in [2.75, 3.05) is 13.1 Å². The summed E-state index contributed by atoms with van der Waals surface area (Å²) in [6.07, 6.45) is 2.33. The van der Waals surface area contributed by atoms with Crippen LogP contribution in [0.2, 0.25) is 0 Å². The fourth-order valence-electron chi connectivity index (χ4n) is 2.81. The van der Waals surface area contributed by atoms with E-state index in [4.69, 9.17) is 11.1 Å². The molecule has 0 saturated carbocycles. The molecule has 1 atom stereocenters. The lowest BCUT2D eigenvalue weighted by molar-refractivity contribution is -0.121.